The van der Waals surface area contributed by atoms with E-state index < -0.39 is 0 Å². The normalized spacial score (nSPS) is 22.2. The van der Waals surface area contributed by atoms with Crippen molar-refractivity contribution in [3.63, 3.8) is 0 Å². The van der Waals surface area contributed by atoms with Gasteiger partial charge in [-0.1, -0.05) is 30.5 Å². The van der Waals surface area contributed by atoms with E-state index in [2.05, 4.69) is 37.8 Å². The van der Waals surface area contributed by atoms with Crippen LogP contribution in [0.25, 0.3) is 0 Å². The lowest BCUT2D eigenvalue weighted by atomic mass is 9.99. The van der Waals surface area contributed by atoms with Crippen LogP contribution >= 0.6 is 11.8 Å². The number of thioether (sulfide) groups is 1. The molecule has 1 spiro atoms. The van der Waals surface area contributed by atoms with Crippen LogP contribution in [0.15, 0.2) is 17.1 Å². The monoisotopic (exact) mass is 298 g/mol. The van der Waals surface area contributed by atoms with Gasteiger partial charge in [0.25, 0.3) is 0 Å². The first-order valence-corrected chi connectivity index (χ1v) is 8.58. The zero-order chi connectivity index (χ0) is 15.0. The van der Waals surface area contributed by atoms with Crippen molar-refractivity contribution in [2.75, 3.05) is 12.8 Å². The minimum absolute atomic E-state index is 0.366. The van der Waals surface area contributed by atoms with Crippen molar-refractivity contribution in [1.29, 1.82) is 0 Å². The number of aliphatic imine (C=N–C) groups is 1. The molecule has 0 bridgehead atoms. The van der Waals surface area contributed by atoms with E-state index in [1.807, 2.05) is 17.8 Å². The molecule has 1 heterocycles. The molecule has 1 aliphatic carbocycles. The predicted molar refractivity (Wildman–Crippen MR) is 92.4 cm³/mol. The summed E-state index contributed by atoms with van der Waals surface area (Å²) in [7, 11) is 2.21. The fraction of sp³-hybridized carbons (Fsp3) is 0.500. The van der Waals surface area contributed by atoms with E-state index in [9.17, 15) is 0 Å². The van der Waals surface area contributed by atoms with Crippen LogP contribution in [0.4, 0.5) is 5.69 Å². The first-order valence-electron chi connectivity index (χ1n) is 7.59. The summed E-state index contributed by atoms with van der Waals surface area (Å²) < 4.78 is 0. The van der Waals surface area contributed by atoms with E-state index in [0.717, 1.165) is 16.4 Å². The molecule has 0 N–H and O–H groups in total. The quantitative estimate of drug-likeness (QED) is 0.720. The number of terminal acetylenes is 1. The first kappa shape index (κ1) is 14.5. The SMILES string of the molecule is C#Cc1ccc(N=C2SCC3(CCCC3)N2C)c(C)c1C. The summed E-state index contributed by atoms with van der Waals surface area (Å²) >= 11 is 1.90. The van der Waals surface area contributed by atoms with Crippen molar-refractivity contribution in [3.8, 4) is 12.3 Å². The van der Waals surface area contributed by atoms with E-state index in [1.165, 1.54) is 42.6 Å². The largest absolute Gasteiger partial charge is 0.348 e. The van der Waals surface area contributed by atoms with Crippen LogP contribution in [0, 0.1) is 26.2 Å². The highest BCUT2D eigenvalue weighted by atomic mass is 32.2. The lowest BCUT2D eigenvalue weighted by Crippen LogP contribution is -2.42. The minimum Gasteiger partial charge on any atom is -0.348 e. The molecule has 3 rings (SSSR count). The average molecular weight is 298 g/mol. The summed E-state index contributed by atoms with van der Waals surface area (Å²) in [6, 6.07) is 4.06. The standard InChI is InChI=1S/C18H22N2S/c1-5-15-8-9-16(14(3)13(15)2)19-17-20(4)18(12-21-17)10-6-7-11-18/h1,8-9H,6-7,10-12H2,2-4H3. The Morgan fingerprint density at radius 3 is 2.62 bits per heavy atom. The van der Waals surface area contributed by atoms with Crippen LogP contribution in [0.5, 0.6) is 0 Å². The Morgan fingerprint density at radius 1 is 1.24 bits per heavy atom. The van der Waals surface area contributed by atoms with Gasteiger partial charge in [-0.15, -0.1) is 6.42 Å². The third kappa shape index (κ3) is 2.36. The maximum Gasteiger partial charge on any atom is 0.164 e. The van der Waals surface area contributed by atoms with Crippen LogP contribution in [-0.4, -0.2) is 28.4 Å². The smallest absolute Gasteiger partial charge is 0.164 e. The maximum atomic E-state index is 5.54. The molecule has 1 aromatic carbocycles. The van der Waals surface area contributed by atoms with Gasteiger partial charge in [-0.2, -0.15) is 0 Å². The molecule has 2 fully saturated rings. The van der Waals surface area contributed by atoms with Crippen LogP contribution in [-0.2, 0) is 0 Å². The molecule has 0 amide bonds. The third-order valence-electron chi connectivity index (χ3n) is 5.13. The van der Waals surface area contributed by atoms with Crippen molar-refractivity contribution in [2.45, 2.75) is 45.1 Å². The summed E-state index contributed by atoms with van der Waals surface area (Å²) in [5.41, 5.74) is 4.75. The molecule has 3 heteroatoms. The van der Waals surface area contributed by atoms with Gasteiger partial charge < -0.3 is 4.90 Å². The molecule has 0 aromatic heterocycles. The van der Waals surface area contributed by atoms with Crippen molar-refractivity contribution in [3.05, 3.63) is 28.8 Å². The molecule has 0 atom stereocenters. The van der Waals surface area contributed by atoms with E-state index in [4.69, 9.17) is 11.4 Å². The van der Waals surface area contributed by atoms with Gasteiger partial charge in [0.15, 0.2) is 5.17 Å². The second-order valence-corrected chi connectivity index (χ2v) is 7.14. The number of benzene rings is 1. The van der Waals surface area contributed by atoms with Crippen LogP contribution in [0.2, 0.25) is 0 Å². The minimum atomic E-state index is 0.366. The topological polar surface area (TPSA) is 15.6 Å². The molecule has 1 saturated carbocycles. The van der Waals surface area contributed by atoms with Crippen LogP contribution < -0.4 is 0 Å². The van der Waals surface area contributed by atoms with Crippen molar-refractivity contribution in [2.24, 2.45) is 4.99 Å². The van der Waals surface area contributed by atoms with Crippen LogP contribution in [0.1, 0.15) is 42.4 Å². The lowest BCUT2D eigenvalue weighted by molar-refractivity contribution is 0.256. The predicted octanol–water partition coefficient (Wildman–Crippen LogP) is 4.26. The Labute approximate surface area is 132 Å². The molecule has 110 valence electrons. The van der Waals surface area contributed by atoms with Crippen LogP contribution in [0.3, 0.4) is 0 Å². The zero-order valence-electron chi connectivity index (χ0n) is 13.1. The Morgan fingerprint density at radius 2 is 1.95 bits per heavy atom. The molecule has 1 saturated heterocycles. The van der Waals surface area contributed by atoms with Crippen molar-refractivity contribution >= 4 is 22.6 Å². The Bertz CT molecular complexity index is 633. The second kappa shape index (κ2) is 5.42. The zero-order valence-corrected chi connectivity index (χ0v) is 13.9. The number of rotatable bonds is 1. The molecule has 1 aliphatic heterocycles. The molecule has 0 unspecified atom stereocenters. The molecule has 0 radical (unpaired) electrons. The third-order valence-corrected chi connectivity index (χ3v) is 6.44. The lowest BCUT2D eigenvalue weighted by Gasteiger charge is -2.32. The fourth-order valence-electron chi connectivity index (χ4n) is 3.40. The van der Waals surface area contributed by atoms with Gasteiger partial charge in [0.2, 0.25) is 0 Å². The summed E-state index contributed by atoms with van der Waals surface area (Å²) in [5, 5.41) is 1.16. The van der Waals surface area contributed by atoms with Gasteiger partial charge >= 0.3 is 0 Å². The van der Waals surface area contributed by atoms with Gasteiger partial charge in [-0.25, -0.2) is 4.99 Å². The van der Waals surface area contributed by atoms with Gasteiger partial charge in [0.1, 0.15) is 0 Å². The summed E-state index contributed by atoms with van der Waals surface area (Å²) in [6.07, 6.45) is 10.9. The van der Waals surface area contributed by atoms with Gasteiger partial charge in [0.05, 0.1) is 11.2 Å². The van der Waals surface area contributed by atoms with Crippen molar-refractivity contribution in [1.82, 2.24) is 4.90 Å². The summed E-state index contributed by atoms with van der Waals surface area (Å²) in [5.74, 6) is 3.92. The van der Waals surface area contributed by atoms with E-state index in [1.54, 1.807) is 0 Å². The second-order valence-electron chi connectivity index (χ2n) is 6.20. The highest BCUT2D eigenvalue weighted by Gasteiger charge is 2.44. The molecule has 1 aromatic rings. The number of hydrogen-bond acceptors (Lipinski definition) is 2. The van der Waals surface area contributed by atoms with Gasteiger partial charge in [0, 0.05) is 18.4 Å². The molecule has 21 heavy (non-hydrogen) atoms. The van der Waals surface area contributed by atoms with E-state index >= 15 is 0 Å². The number of hydrogen-bond donors (Lipinski definition) is 0. The van der Waals surface area contributed by atoms with Gasteiger partial charge in [-0.05, 0) is 49.9 Å². The Balaban J connectivity index is 1.93. The Kier molecular flexibility index (Phi) is 3.75. The molecular formula is C18H22N2S. The summed E-state index contributed by atoms with van der Waals surface area (Å²) in [4.78, 5) is 7.36. The molecular weight excluding hydrogens is 276 g/mol. The number of amidine groups is 1. The van der Waals surface area contributed by atoms with E-state index in [-0.39, 0.29) is 0 Å². The molecule has 2 aliphatic rings. The summed E-state index contributed by atoms with van der Waals surface area (Å²) in [6.45, 7) is 4.19. The number of nitrogens with zero attached hydrogens (tertiary/aromatic N) is 2. The first-order chi connectivity index (χ1) is 10.1. The molecule has 2 nitrogen and oxygen atoms in total. The van der Waals surface area contributed by atoms with Gasteiger partial charge in [-0.3, -0.25) is 0 Å². The fourth-order valence-corrected chi connectivity index (χ4v) is 4.83. The van der Waals surface area contributed by atoms with Crippen molar-refractivity contribution < 1.29 is 0 Å². The Hall–Kier alpha value is -1.40. The highest BCUT2D eigenvalue weighted by molar-refractivity contribution is 8.14. The maximum absolute atomic E-state index is 5.54. The average Bonchev–Trinajstić information content (AvgIpc) is 3.07. The highest BCUT2D eigenvalue weighted by Crippen LogP contribution is 2.44. The van der Waals surface area contributed by atoms with E-state index in [0.29, 0.717) is 5.54 Å².